The SMILES string of the molecule is CCN1C(=O)c2cccc3c2C(CC=C3n2cc(-c3ccc(N4CCOc5cc(C)ccc5N5CCOCCOCCN(CCOCC5)c5ccc(C)cc5OCC4)c(OC)c3)nn2)C1=O. The predicted molar refractivity (Wildman–Crippen MR) is 253 cm³/mol. The number of anilines is 3. The predicted octanol–water partition coefficient (Wildman–Crippen LogP) is 6.60. The molecule has 0 radical (unpaired) electrons. The van der Waals surface area contributed by atoms with E-state index in [2.05, 4.69) is 81.3 Å². The maximum Gasteiger partial charge on any atom is 0.260 e. The first-order chi connectivity index (χ1) is 32.3. The van der Waals surface area contributed by atoms with Crippen molar-refractivity contribution in [2.45, 2.75) is 33.1 Å². The van der Waals surface area contributed by atoms with Gasteiger partial charge in [0.1, 0.15) is 36.2 Å². The number of allylic oxidation sites excluding steroid dienone is 1. The Labute approximate surface area is 386 Å². The highest BCUT2D eigenvalue weighted by Crippen LogP contribution is 2.42. The van der Waals surface area contributed by atoms with E-state index in [1.165, 1.54) is 4.90 Å². The van der Waals surface area contributed by atoms with Gasteiger partial charge in [-0.05, 0) is 86.3 Å². The van der Waals surface area contributed by atoms with Crippen LogP contribution in [0.4, 0.5) is 17.1 Å². The van der Waals surface area contributed by atoms with Gasteiger partial charge < -0.3 is 43.1 Å². The molecule has 2 bridgehead atoms. The van der Waals surface area contributed by atoms with Crippen molar-refractivity contribution in [1.29, 1.82) is 0 Å². The Balaban J connectivity index is 1.02. The second kappa shape index (κ2) is 20.4. The highest BCUT2D eigenvalue weighted by Gasteiger charge is 2.41. The van der Waals surface area contributed by atoms with Crippen LogP contribution in [0.25, 0.3) is 17.0 Å². The number of likely N-dealkylation sites (N-methyl/N-ethyl adjacent to an activating group) is 1. The molecular formula is C51H59N7O8. The third-order valence-electron chi connectivity index (χ3n) is 12.7. The average Bonchev–Trinajstić information content (AvgIpc) is 3.82. The molecule has 0 saturated carbocycles. The maximum absolute atomic E-state index is 13.4. The summed E-state index contributed by atoms with van der Waals surface area (Å²) >= 11 is 0. The van der Waals surface area contributed by atoms with Crippen molar-refractivity contribution in [1.82, 2.24) is 19.9 Å². The van der Waals surface area contributed by atoms with Gasteiger partial charge in [0.2, 0.25) is 5.91 Å². The quantitative estimate of drug-likeness (QED) is 0.139. The first-order valence-electron chi connectivity index (χ1n) is 23.1. The van der Waals surface area contributed by atoms with Gasteiger partial charge in [-0.2, -0.15) is 0 Å². The fourth-order valence-electron chi connectivity index (χ4n) is 9.30. The van der Waals surface area contributed by atoms with Crippen LogP contribution in [0.5, 0.6) is 17.2 Å². The minimum Gasteiger partial charge on any atom is -0.495 e. The van der Waals surface area contributed by atoms with Gasteiger partial charge in [0.25, 0.3) is 5.91 Å². The number of aryl methyl sites for hydroxylation is 2. The van der Waals surface area contributed by atoms with Crippen molar-refractivity contribution in [2.75, 3.05) is 120 Å². The van der Waals surface area contributed by atoms with E-state index in [4.69, 9.17) is 28.4 Å². The second-order valence-electron chi connectivity index (χ2n) is 16.9. The Morgan fingerprint density at radius 2 is 1.23 bits per heavy atom. The fraction of sp³-hybridized carbons (Fsp3) is 0.412. The molecule has 3 aliphatic heterocycles. The van der Waals surface area contributed by atoms with Crippen molar-refractivity contribution in [2.24, 2.45) is 0 Å². The zero-order chi connectivity index (χ0) is 45.6. The Morgan fingerprint density at radius 1 is 0.667 bits per heavy atom. The number of rotatable bonds is 5. The normalized spacial score (nSPS) is 18.9. The molecule has 15 nitrogen and oxygen atoms in total. The molecule has 1 aliphatic carbocycles. The summed E-state index contributed by atoms with van der Waals surface area (Å²) in [6, 6.07) is 24.4. The largest absolute Gasteiger partial charge is 0.495 e. The summed E-state index contributed by atoms with van der Waals surface area (Å²) in [5.74, 6) is 1.44. The van der Waals surface area contributed by atoms with E-state index in [1.807, 2.05) is 49.5 Å². The number of hydrogen-bond donors (Lipinski definition) is 0. The smallest absolute Gasteiger partial charge is 0.260 e. The maximum atomic E-state index is 13.4. The zero-order valence-corrected chi connectivity index (χ0v) is 38.4. The zero-order valence-electron chi connectivity index (χ0n) is 38.4. The first kappa shape index (κ1) is 44.8. The number of carbonyl (C=O) groups is 2. The molecule has 2 amide bonds. The van der Waals surface area contributed by atoms with Gasteiger partial charge in [-0.1, -0.05) is 41.6 Å². The molecule has 0 spiro atoms. The molecule has 15 heteroatoms. The van der Waals surface area contributed by atoms with Gasteiger partial charge in [-0.3, -0.25) is 14.5 Å². The van der Waals surface area contributed by atoms with Crippen LogP contribution in [0.1, 0.15) is 51.9 Å². The number of imide groups is 1. The molecule has 4 aromatic carbocycles. The van der Waals surface area contributed by atoms with E-state index in [9.17, 15) is 9.59 Å². The minimum atomic E-state index is -0.405. The molecule has 1 saturated heterocycles. The second-order valence-corrected chi connectivity index (χ2v) is 16.9. The number of methoxy groups -OCH3 is 1. The van der Waals surface area contributed by atoms with Crippen molar-refractivity contribution in [3.05, 3.63) is 113 Å². The van der Waals surface area contributed by atoms with Crippen molar-refractivity contribution in [3.8, 4) is 28.5 Å². The van der Waals surface area contributed by atoms with Crippen molar-refractivity contribution in [3.63, 3.8) is 0 Å². The van der Waals surface area contributed by atoms with Crippen LogP contribution < -0.4 is 28.9 Å². The number of amides is 2. The monoisotopic (exact) mass is 897 g/mol. The lowest BCUT2D eigenvalue weighted by molar-refractivity contribution is -0.130. The van der Waals surface area contributed by atoms with Crippen molar-refractivity contribution < 1.29 is 38.0 Å². The van der Waals surface area contributed by atoms with Crippen LogP contribution in [0.3, 0.4) is 0 Å². The summed E-state index contributed by atoms with van der Waals surface area (Å²) in [5.41, 5.74) is 9.46. The van der Waals surface area contributed by atoms with Crippen LogP contribution in [0.15, 0.2) is 85.1 Å². The van der Waals surface area contributed by atoms with E-state index in [0.29, 0.717) is 122 Å². The van der Waals surface area contributed by atoms with Crippen LogP contribution >= 0.6 is 0 Å². The topological polar surface area (TPSA) is 133 Å². The van der Waals surface area contributed by atoms with Gasteiger partial charge in [-0.25, -0.2) is 4.68 Å². The highest BCUT2D eigenvalue weighted by atomic mass is 16.5. The summed E-state index contributed by atoms with van der Waals surface area (Å²) in [6.07, 6.45) is 4.36. The third kappa shape index (κ3) is 9.46. The van der Waals surface area contributed by atoms with E-state index >= 15 is 0 Å². The molecule has 1 atom stereocenters. The van der Waals surface area contributed by atoms with Gasteiger partial charge >= 0.3 is 0 Å². The Hall–Kier alpha value is -6.42. The highest BCUT2D eigenvalue weighted by molar-refractivity contribution is 6.13. The van der Waals surface area contributed by atoms with Gasteiger partial charge in [0.15, 0.2) is 0 Å². The number of benzene rings is 4. The Bertz CT molecular complexity index is 2500. The van der Waals surface area contributed by atoms with Gasteiger partial charge in [0, 0.05) is 49.4 Å². The summed E-state index contributed by atoms with van der Waals surface area (Å²) in [6.45, 7) is 14.1. The van der Waals surface area contributed by atoms with Crippen LogP contribution in [-0.2, 0) is 19.0 Å². The van der Waals surface area contributed by atoms with Crippen LogP contribution in [0, 0.1) is 13.8 Å². The number of aromatic nitrogens is 3. The lowest BCUT2D eigenvalue weighted by atomic mass is 9.78. The number of hydrogen-bond acceptors (Lipinski definition) is 13. The number of nitrogens with zero attached hydrogens (tertiary/aromatic N) is 7. The molecule has 4 heterocycles. The van der Waals surface area contributed by atoms with Crippen LogP contribution in [-0.4, -0.2) is 137 Å². The molecule has 5 aromatic rings. The number of ether oxygens (including phenoxy) is 6. The average molecular weight is 898 g/mol. The summed E-state index contributed by atoms with van der Waals surface area (Å²) in [5, 5.41) is 9.14. The molecule has 0 N–H and O–H groups in total. The Kier molecular flexibility index (Phi) is 13.8. The van der Waals surface area contributed by atoms with Crippen molar-refractivity contribution >= 4 is 34.6 Å². The molecule has 1 aromatic heterocycles. The number of carbonyl (C=O) groups excluding carboxylic acids is 2. The Morgan fingerprint density at radius 3 is 1.83 bits per heavy atom. The molecule has 346 valence electrons. The number of fused-ring (bicyclic) bond motifs is 10. The minimum absolute atomic E-state index is 0.159. The van der Waals surface area contributed by atoms with E-state index < -0.39 is 5.92 Å². The summed E-state index contributed by atoms with van der Waals surface area (Å²) in [7, 11) is 1.67. The fourth-order valence-corrected chi connectivity index (χ4v) is 9.30. The third-order valence-corrected chi connectivity index (χ3v) is 12.7. The molecule has 1 unspecified atom stereocenters. The van der Waals surface area contributed by atoms with Gasteiger partial charge in [-0.15, -0.1) is 5.10 Å². The van der Waals surface area contributed by atoms with Gasteiger partial charge in [0.05, 0.1) is 94.7 Å². The summed E-state index contributed by atoms with van der Waals surface area (Å²) < 4.78 is 39.6. The lowest BCUT2D eigenvalue weighted by Crippen LogP contribution is -2.45. The van der Waals surface area contributed by atoms with E-state index in [0.717, 1.165) is 62.1 Å². The molecule has 9 rings (SSSR count). The standard InChI is InChI=1S/C51H59N7O8/c1-5-57-50(59)39-8-6-7-38-42(16-12-40(49(38)39)51(57)60)58-34-41(52-53-58)37-11-15-43(46(33-37)61-4)56-21-27-65-47-31-35(2)9-13-44(47)54-17-23-62-24-18-55(20-26-64-30-29-63-25-19-54)45-14-10-36(3)32-48(45)66-28-22-56/h6-11,13-16,31-34,40H,5,12,17-30H2,1-4H3. The van der Waals surface area contributed by atoms with E-state index in [-0.39, 0.29) is 11.8 Å². The molecule has 1 fully saturated rings. The molecule has 4 aliphatic rings. The first-order valence-corrected chi connectivity index (χ1v) is 23.1. The van der Waals surface area contributed by atoms with Crippen LogP contribution in [0.2, 0.25) is 0 Å². The summed E-state index contributed by atoms with van der Waals surface area (Å²) in [4.78, 5) is 34.8. The van der Waals surface area contributed by atoms with E-state index in [1.54, 1.807) is 11.8 Å². The molecular weight excluding hydrogens is 839 g/mol. The molecule has 66 heavy (non-hydrogen) atoms. The lowest BCUT2D eigenvalue weighted by Gasteiger charge is -2.35.